The number of nitrogens with one attached hydrogen (secondary N) is 1. The second-order valence-corrected chi connectivity index (χ2v) is 6.08. The molecule has 4 heteroatoms. The van der Waals surface area contributed by atoms with E-state index in [0.717, 1.165) is 32.5 Å². The van der Waals surface area contributed by atoms with Crippen LogP contribution in [0.5, 0.6) is 0 Å². The van der Waals surface area contributed by atoms with Gasteiger partial charge in [0.15, 0.2) is 0 Å². The lowest BCUT2D eigenvalue weighted by Gasteiger charge is -2.32. The molecule has 2 fully saturated rings. The second kappa shape index (κ2) is 6.53. The number of amides is 1. The number of carbonyl (C=O) groups is 1. The fourth-order valence-corrected chi connectivity index (χ4v) is 3.03. The predicted octanol–water partition coefficient (Wildman–Crippen LogP) is 0.786. The standard InChI is InChI=1S/C14H27N3O/c1-16-7-4-12(5-8-16)11-17(2)14(18)9-13-3-6-15-10-13/h12-13,15H,3-11H2,1-2H3. The van der Waals surface area contributed by atoms with Gasteiger partial charge in [-0.05, 0) is 64.3 Å². The zero-order chi connectivity index (χ0) is 13.0. The minimum atomic E-state index is 0.336. The van der Waals surface area contributed by atoms with Crippen molar-refractivity contribution in [2.24, 2.45) is 11.8 Å². The van der Waals surface area contributed by atoms with E-state index < -0.39 is 0 Å². The van der Waals surface area contributed by atoms with Crippen LogP contribution in [-0.4, -0.2) is 62.5 Å². The molecular formula is C14H27N3O. The van der Waals surface area contributed by atoms with E-state index in [9.17, 15) is 4.79 Å². The average molecular weight is 253 g/mol. The van der Waals surface area contributed by atoms with Gasteiger partial charge in [-0.1, -0.05) is 0 Å². The van der Waals surface area contributed by atoms with Crippen molar-refractivity contribution in [3.63, 3.8) is 0 Å². The summed E-state index contributed by atoms with van der Waals surface area (Å²) in [5.74, 6) is 1.61. The van der Waals surface area contributed by atoms with Crippen LogP contribution < -0.4 is 5.32 Å². The first kappa shape index (κ1) is 13.8. The molecule has 18 heavy (non-hydrogen) atoms. The van der Waals surface area contributed by atoms with E-state index >= 15 is 0 Å². The molecule has 0 spiro atoms. The number of piperidine rings is 1. The van der Waals surface area contributed by atoms with Crippen molar-refractivity contribution in [3.05, 3.63) is 0 Å². The quantitative estimate of drug-likeness (QED) is 0.804. The number of rotatable bonds is 4. The molecule has 4 nitrogen and oxygen atoms in total. The second-order valence-electron chi connectivity index (χ2n) is 6.08. The number of hydrogen-bond donors (Lipinski definition) is 1. The summed E-state index contributed by atoms with van der Waals surface area (Å²) in [5, 5.41) is 3.33. The van der Waals surface area contributed by atoms with E-state index in [4.69, 9.17) is 0 Å². The fraction of sp³-hybridized carbons (Fsp3) is 0.929. The zero-order valence-electron chi connectivity index (χ0n) is 11.8. The highest BCUT2D eigenvalue weighted by Crippen LogP contribution is 2.18. The Morgan fingerprint density at radius 1 is 1.28 bits per heavy atom. The average Bonchev–Trinajstić information content (AvgIpc) is 2.85. The van der Waals surface area contributed by atoms with E-state index in [1.807, 2.05) is 11.9 Å². The van der Waals surface area contributed by atoms with Crippen LogP contribution in [0.3, 0.4) is 0 Å². The lowest BCUT2D eigenvalue weighted by Crippen LogP contribution is -2.38. The van der Waals surface area contributed by atoms with Crippen molar-refractivity contribution < 1.29 is 4.79 Å². The largest absolute Gasteiger partial charge is 0.345 e. The molecule has 2 aliphatic heterocycles. The number of hydrogen-bond acceptors (Lipinski definition) is 3. The Morgan fingerprint density at radius 3 is 2.61 bits per heavy atom. The van der Waals surface area contributed by atoms with Crippen molar-refractivity contribution in [2.75, 3.05) is 46.8 Å². The third-order valence-electron chi connectivity index (χ3n) is 4.42. The Kier molecular flexibility index (Phi) is 5.01. The van der Waals surface area contributed by atoms with Gasteiger partial charge >= 0.3 is 0 Å². The third-order valence-corrected chi connectivity index (χ3v) is 4.42. The Bertz CT molecular complexity index is 268. The molecule has 2 aliphatic rings. The molecule has 2 heterocycles. The maximum atomic E-state index is 12.1. The van der Waals surface area contributed by atoms with Crippen LogP contribution in [0.15, 0.2) is 0 Å². The van der Waals surface area contributed by atoms with Gasteiger partial charge in [0.2, 0.25) is 5.91 Å². The third kappa shape index (κ3) is 3.95. The fourth-order valence-electron chi connectivity index (χ4n) is 3.03. The van der Waals surface area contributed by atoms with Gasteiger partial charge in [-0.3, -0.25) is 4.79 Å². The molecule has 0 aromatic carbocycles. The summed E-state index contributed by atoms with van der Waals surface area (Å²) in [5.41, 5.74) is 0. The predicted molar refractivity (Wildman–Crippen MR) is 73.5 cm³/mol. The Labute approximate surface area is 111 Å². The van der Waals surface area contributed by atoms with Gasteiger partial charge in [0.05, 0.1) is 0 Å². The first-order chi connectivity index (χ1) is 8.65. The van der Waals surface area contributed by atoms with Gasteiger partial charge in [-0.25, -0.2) is 0 Å². The van der Waals surface area contributed by atoms with Crippen molar-refractivity contribution >= 4 is 5.91 Å². The smallest absolute Gasteiger partial charge is 0.222 e. The van der Waals surface area contributed by atoms with E-state index in [0.29, 0.717) is 17.7 Å². The van der Waals surface area contributed by atoms with E-state index in [1.165, 1.54) is 25.9 Å². The zero-order valence-corrected chi connectivity index (χ0v) is 11.8. The summed E-state index contributed by atoms with van der Waals surface area (Å²) in [6.07, 6.45) is 4.36. The Balaban J connectivity index is 1.69. The summed E-state index contributed by atoms with van der Waals surface area (Å²) in [6, 6.07) is 0. The van der Waals surface area contributed by atoms with Crippen LogP contribution >= 0.6 is 0 Å². The van der Waals surface area contributed by atoms with Gasteiger partial charge in [-0.15, -0.1) is 0 Å². The molecule has 1 unspecified atom stereocenters. The van der Waals surface area contributed by atoms with Gasteiger partial charge in [0.1, 0.15) is 0 Å². The number of likely N-dealkylation sites (tertiary alicyclic amines) is 1. The molecule has 1 amide bonds. The molecule has 0 bridgehead atoms. The van der Waals surface area contributed by atoms with Crippen LogP contribution in [0.1, 0.15) is 25.7 Å². The van der Waals surface area contributed by atoms with Crippen LogP contribution in [0.4, 0.5) is 0 Å². The van der Waals surface area contributed by atoms with Crippen LogP contribution in [0.25, 0.3) is 0 Å². The topological polar surface area (TPSA) is 35.6 Å². The first-order valence-corrected chi connectivity index (χ1v) is 7.28. The molecule has 0 aromatic rings. The minimum absolute atomic E-state index is 0.336. The maximum Gasteiger partial charge on any atom is 0.222 e. The lowest BCUT2D eigenvalue weighted by atomic mass is 9.96. The summed E-state index contributed by atoms with van der Waals surface area (Å²) >= 11 is 0. The molecule has 104 valence electrons. The normalized spacial score (nSPS) is 26.4. The summed E-state index contributed by atoms with van der Waals surface area (Å²) < 4.78 is 0. The first-order valence-electron chi connectivity index (χ1n) is 7.28. The molecular weight excluding hydrogens is 226 g/mol. The lowest BCUT2D eigenvalue weighted by molar-refractivity contribution is -0.131. The minimum Gasteiger partial charge on any atom is -0.345 e. The van der Waals surface area contributed by atoms with Gasteiger partial charge in [0, 0.05) is 20.0 Å². The number of nitrogens with zero attached hydrogens (tertiary/aromatic N) is 2. The highest BCUT2D eigenvalue weighted by molar-refractivity contribution is 5.76. The van der Waals surface area contributed by atoms with Crippen molar-refractivity contribution in [3.8, 4) is 0 Å². The number of carbonyl (C=O) groups excluding carboxylic acids is 1. The SMILES string of the molecule is CN1CCC(CN(C)C(=O)CC2CCNC2)CC1. The van der Waals surface area contributed by atoms with Gasteiger partial charge in [0.25, 0.3) is 0 Å². The van der Waals surface area contributed by atoms with E-state index in [1.54, 1.807) is 0 Å². The van der Waals surface area contributed by atoms with Gasteiger partial charge < -0.3 is 15.1 Å². The molecule has 2 saturated heterocycles. The van der Waals surface area contributed by atoms with Crippen molar-refractivity contribution in [1.29, 1.82) is 0 Å². The highest BCUT2D eigenvalue weighted by atomic mass is 16.2. The summed E-state index contributed by atoms with van der Waals surface area (Å²) in [4.78, 5) is 16.5. The Morgan fingerprint density at radius 2 is 2.00 bits per heavy atom. The molecule has 0 aromatic heterocycles. The Hall–Kier alpha value is -0.610. The molecule has 0 aliphatic carbocycles. The molecule has 1 N–H and O–H groups in total. The molecule has 0 saturated carbocycles. The monoisotopic (exact) mass is 253 g/mol. The molecule has 0 radical (unpaired) electrons. The summed E-state index contributed by atoms with van der Waals surface area (Å²) in [6.45, 7) is 5.41. The van der Waals surface area contributed by atoms with E-state index in [-0.39, 0.29) is 0 Å². The van der Waals surface area contributed by atoms with Gasteiger partial charge in [-0.2, -0.15) is 0 Å². The van der Waals surface area contributed by atoms with Crippen molar-refractivity contribution in [2.45, 2.75) is 25.7 Å². The van der Waals surface area contributed by atoms with Crippen LogP contribution in [-0.2, 0) is 4.79 Å². The maximum absolute atomic E-state index is 12.1. The van der Waals surface area contributed by atoms with Crippen LogP contribution in [0.2, 0.25) is 0 Å². The molecule has 2 rings (SSSR count). The van der Waals surface area contributed by atoms with E-state index in [2.05, 4.69) is 17.3 Å². The summed E-state index contributed by atoms with van der Waals surface area (Å²) in [7, 11) is 4.15. The van der Waals surface area contributed by atoms with Crippen LogP contribution in [0, 0.1) is 11.8 Å². The highest BCUT2D eigenvalue weighted by Gasteiger charge is 2.23. The van der Waals surface area contributed by atoms with Crippen molar-refractivity contribution in [1.82, 2.24) is 15.1 Å². The molecule has 1 atom stereocenters.